The third-order valence-electron chi connectivity index (χ3n) is 3.88. The van der Waals surface area contributed by atoms with Gasteiger partial charge in [0.2, 0.25) is 0 Å². The maximum Gasteiger partial charge on any atom is 0.131 e. The zero-order valence-electron chi connectivity index (χ0n) is 12.8. The first-order valence-corrected chi connectivity index (χ1v) is 7.80. The molecule has 0 aliphatic heterocycles. The molecule has 23 heavy (non-hydrogen) atoms. The molecule has 0 radical (unpaired) electrons. The molecule has 0 fully saturated rings. The number of benzene rings is 2. The summed E-state index contributed by atoms with van der Waals surface area (Å²) < 4.78 is 0. The molecule has 3 rings (SSSR count). The zero-order chi connectivity index (χ0) is 16.4. The molecule has 0 saturated heterocycles. The topological polar surface area (TPSA) is 59.1 Å². The molecule has 2 aromatic carbocycles. The van der Waals surface area contributed by atoms with Crippen LogP contribution in [0, 0.1) is 0 Å². The number of phenols is 1. The van der Waals surface area contributed by atoms with E-state index in [1.165, 1.54) is 0 Å². The molecule has 3 N–H and O–H groups in total. The standard InChI is InChI=1S/C19H17ClN2O/c1-2-16-17(12-3-7-14(20)8-4-12)11-22-19(21)18(16)13-5-9-15(23)10-6-13/h3-11,23H,2H2,1H3,(H2,21,22). The van der Waals surface area contributed by atoms with Crippen LogP contribution in [0.3, 0.4) is 0 Å². The highest BCUT2D eigenvalue weighted by atomic mass is 35.5. The monoisotopic (exact) mass is 324 g/mol. The van der Waals surface area contributed by atoms with E-state index in [1.807, 2.05) is 36.4 Å². The lowest BCUT2D eigenvalue weighted by molar-refractivity contribution is 0.475. The number of phenolic OH excluding ortho intramolecular Hbond substituents is 1. The summed E-state index contributed by atoms with van der Waals surface area (Å²) >= 11 is 5.98. The minimum atomic E-state index is 0.229. The van der Waals surface area contributed by atoms with E-state index in [1.54, 1.807) is 18.3 Å². The van der Waals surface area contributed by atoms with E-state index < -0.39 is 0 Å². The number of hydrogen-bond donors (Lipinski definition) is 2. The van der Waals surface area contributed by atoms with E-state index in [-0.39, 0.29) is 5.75 Å². The molecular formula is C19H17ClN2O. The fourth-order valence-corrected chi connectivity index (χ4v) is 2.89. The molecule has 1 aromatic heterocycles. The predicted molar refractivity (Wildman–Crippen MR) is 95.6 cm³/mol. The molecule has 0 saturated carbocycles. The lowest BCUT2D eigenvalue weighted by Crippen LogP contribution is -2.01. The number of nitrogens with two attached hydrogens (primary N) is 1. The first kappa shape index (κ1) is 15.4. The van der Waals surface area contributed by atoms with Crippen LogP contribution in [-0.2, 0) is 6.42 Å². The molecule has 1 heterocycles. The van der Waals surface area contributed by atoms with E-state index in [0.29, 0.717) is 10.8 Å². The summed E-state index contributed by atoms with van der Waals surface area (Å²) in [6.07, 6.45) is 2.63. The Hall–Kier alpha value is -2.52. The van der Waals surface area contributed by atoms with Crippen molar-refractivity contribution in [3.05, 3.63) is 65.3 Å². The summed E-state index contributed by atoms with van der Waals surface area (Å²) in [6.45, 7) is 2.10. The van der Waals surface area contributed by atoms with Gasteiger partial charge in [-0.1, -0.05) is 42.8 Å². The number of nitrogen functional groups attached to an aromatic ring is 1. The number of aromatic hydroxyl groups is 1. The van der Waals surface area contributed by atoms with Crippen molar-refractivity contribution in [1.29, 1.82) is 0 Å². The summed E-state index contributed by atoms with van der Waals surface area (Å²) in [5.41, 5.74) is 11.2. The van der Waals surface area contributed by atoms with Gasteiger partial charge in [0, 0.05) is 22.3 Å². The van der Waals surface area contributed by atoms with Crippen molar-refractivity contribution in [1.82, 2.24) is 4.98 Å². The van der Waals surface area contributed by atoms with E-state index in [2.05, 4.69) is 11.9 Å². The normalized spacial score (nSPS) is 10.7. The van der Waals surface area contributed by atoms with E-state index in [0.717, 1.165) is 34.2 Å². The Morgan fingerprint density at radius 3 is 2.22 bits per heavy atom. The minimum Gasteiger partial charge on any atom is -0.508 e. The van der Waals surface area contributed by atoms with Gasteiger partial charge in [-0.3, -0.25) is 0 Å². The van der Waals surface area contributed by atoms with Gasteiger partial charge in [-0.2, -0.15) is 0 Å². The van der Waals surface area contributed by atoms with Crippen LogP contribution in [0.4, 0.5) is 5.82 Å². The van der Waals surface area contributed by atoms with Gasteiger partial charge in [-0.15, -0.1) is 0 Å². The predicted octanol–water partition coefficient (Wildman–Crippen LogP) is 4.92. The first-order valence-electron chi connectivity index (χ1n) is 7.43. The Balaban J connectivity index is 2.21. The lowest BCUT2D eigenvalue weighted by Gasteiger charge is -2.16. The number of nitrogens with zero attached hydrogens (tertiary/aromatic N) is 1. The Kier molecular flexibility index (Phi) is 4.22. The highest BCUT2D eigenvalue weighted by molar-refractivity contribution is 6.30. The molecule has 116 valence electrons. The number of hydrogen-bond acceptors (Lipinski definition) is 3. The summed E-state index contributed by atoms with van der Waals surface area (Å²) in [7, 11) is 0. The summed E-state index contributed by atoms with van der Waals surface area (Å²) in [4.78, 5) is 4.37. The van der Waals surface area contributed by atoms with Crippen LogP contribution in [0.15, 0.2) is 54.7 Å². The van der Waals surface area contributed by atoms with Gasteiger partial charge < -0.3 is 10.8 Å². The molecule has 3 nitrogen and oxygen atoms in total. The van der Waals surface area contributed by atoms with Crippen LogP contribution >= 0.6 is 11.6 Å². The second-order valence-electron chi connectivity index (χ2n) is 5.32. The van der Waals surface area contributed by atoms with Crippen LogP contribution in [-0.4, -0.2) is 10.1 Å². The number of pyridine rings is 1. The van der Waals surface area contributed by atoms with E-state index in [9.17, 15) is 5.11 Å². The van der Waals surface area contributed by atoms with Crippen molar-refractivity contribution in [2.24, 2.45) is 0 Å². The molecule has 3 aromatic rings. The fourth-order valence-electron chi connectivity index (χ4n) is 2.76. The highest BCUT2D eigenvalue weighted by Gasteiger charge is 2.15. The molecule has 0 atom stereocenters. The smallest absolute Gasteiger partial charge is 0.131 e. The SMILES string of the molecule is CCc1c(-c2ccc(Cl)cc2)cnc(N)c1-c1ccc(O)cc1. The zero-order valence-corrected chi connectivity index (χ0v) is 13.5. The maximum absolute atomic E-state index is 9.50. The maximum atomic E-state index is 9.50. The molecule has 4 heteroatoms. The van der Waals surface area contributed by atoms with Crippen molar-refractivity contribution >= 4 is 17.4 Å². The van der Waals surface area contributed by atoms with Gasteiger partial charge in [0.1, 0.15) is 11.6 Å². The molecule has 0 amide bonds. The largest absolute Gasteiger partial charge is 0.508 e. The molecule has 0 aliphatic rings. The first-order chi connectivity index (χ1) is 11.1. The summed E-state index contributed by atoms with van der Waals surface area (Å²) in [5, 5.41) is 10.2. The Bertz CT molecular complexity index is 827. The minimum absolute atomic E-state index is 0.229. The quantitative estimate of drug-likeness (QED) is 0.719. The van der Waals surface area contributed by atoms with E-state index in [4.69, 9.17) is 17.3 Å². The Labute approximate surface area is 140 Å². The number of anilines is 1. The highest BCUT2D eigenvalue weighted by Crippen LogP contribution is 2.36. The van der Waals surface area contributed by atoms with Crippen LogP contribution in [0.2, 0.25) is 5.02 Å². The van der Waals surface area contributed by atoms with Crippen molar-refractivity contribution in [3.63, 3.8) is 0 Å². The third-order valence-corrected chi connectivity index (χ3v) is 4.13. The Morgan fingerprint density at radius 2 is 1.61 bits per heavy atom. The van der Waals surface area contributed by atoms with E-state index >= 15 is 0 Å². The summed E-state index contributed by atoms with van der Waals surface area (Å²) in [5.74, 6) is 0.720. The fraction of sp³-hybridized carbons (Fsp3) is 0.105. The second-order valence-corrected chi connectivity index (χ2v) is 5.75. The third kappa shape index (κ3) is 3.01. The van der Waals surface area contributed by atoms with Crippen LogP contribution in [0.1, 0.15) is 12.5 Å². The average Bonchev–Trinajstić information content (AvgIpc) is 2.56. The molecule has 0 unspecified atom stereocenters. The van der Waals surface area contributed by atoms with Gasteiger partial charge in [0.15, 0.2) is 0 Å². The number of rotatable bonds is 3. The molecular weight excluding hydrogens is 308 g/mol. The van der Waals surface area contributed by atoms with Gasteiger partial charge in [-0.05, 0) is 47.4 Å². The van der Waals surface area contributed by atoms with Gasteiger partial charge in [0.05, 0.1) is 0 Å². The second kappa shape index (κ2) is 6.31. The molecule has 0 bridgehead atoms. The molecule has 0 aliphatic carbocycles. The number of halogens is 1. The van der Waals surface area contributed by atoms with Crippen LogP contribution in [0.5, 0.6) is 5.75 Å². The van der Waals surface area contributed by atoms with Gasteiger partial charge >= 0.3 is 0 Å². The van der Waals surface area contributed by atoms with Crippen molar-refractivity contribution in [2.75, 3.05) is 5.73 Å². The van der Waals surface area contributed by atoms with Crippen LogP contribution < -0.4 is 5.73 Å². The number of aromatic nitrogens is 1. The van der Waals surface area contributed by atoms with Gasteiger partial charge in [0.25, 0.3) is 0 Å². The van der Waals surface area contributed by atoms with Crippen molar-refractivity contribution in [3.8, 4) is 28.0 Å². The Morgan fingerprint density at radius 1 is 1.00 bits per heavy atom. The molecule has 0 spiro atoms. The van der Waals surface area contributed by atoms with Crippen molar-refractivity contribution < 1.29 is 5.11 Å². The lowest BCUT2D eigenvalue weighted by atomic mass is 9.92. The van der Waals surface area contributed by atoms with Crippen LogP contribution in [0.25, 0.3) is 22.3 Å². The van der Waals surface area contributed by atoms with Gasteiger partial charge in [-0.25, -0.2) is 4.98 Å². The summed E-state index contributed by atoms with van der Waals surface area (Å²) in [6, 6.07) is 14.7. The van der Waals surface area contributed by atoms with Crippen molar-refractivity contribution in [2.45, 2.75) is 13.3 Å². The average molecular weight is 325 g/mol.